The molecular weight excluding hydrogens is 486 g/mol. The molecule has 37 heavy (non-hydrogen) atoms. The zero-order valence-corrected chi connectivity index (χ0v) is 23.0. The normalized spacial score (nSPS) is 24.0. The van der Waals surface area contributed by atoms with Crippen LogP contribution in [0.5, 0.6) is 6.01 Å². The Morgan fingerprint density at radius 3 is 2.30 bits per heavy atom. The summed E-state index contributed by atoms with van der Waals surface area (Å²) in [5.74, 6) is 5.94. The number of hydrogen-bond donors (Lipinski definition) is 1. The highest BCUT2D eigenvalue weighted by molar-refractivity contribution is 7.15. The predicted octanol–water partition coefficient (Wildman–Crippen LogP) is 6.18. The minimum Gasteiger partial charge on any atom is -0.477 e. The van der Waals surface area contributed by atoms with Crippen molar-refractivity contribution >= 4 is 28.9 Å². The van der Waals surface area contributed by atoms with E-state index in [0.717, 1.165) is 62.7 Å². The number of aromatic carboxylic acids is 1. The number of rotatable bonds is 6. The lowest BCUT2D eigenvalue weighted by molar-refractivity contribution is -0.124. The molecule has 0 bridgehead atoms. The number of thiophene rings is 1. The number of ether oxygens (including phenoxy) is 1. The van der Waals surface area contributed by atoms with E-state index < -0.39 is 5.97 Å². The maximum absolute atomic E-state index is 14.0. The summed E-state index contributed by atoms with van der Waals surface area (Å²) in [7, 11) is 0. The Morgan fingerprint density at radius 2 is 1.70 bits per heavy atom. The summed E-state index contributed by atoms with van der Waals surface area (Å²) in [6.07, 6.45) is 9.99. The van der Waals surface area contributed by atoms with Gasteiger partial charge in [0.15, 0.2) is 0 Å². The minimum absolute atomic E-state index is 0.0271. The molecule has 0 aromatic carbocycles. The van der Waals surface area contributed by atoms with E-state index in [4.69, 9.17) is 4.74 Å². The van der Waals surface area contributed by atoms with Gasteiger partial charge in [-0.15, -0.1) is 11.3 Å². The second kappa shape index (κ2) is 11.6. The second-order valence-corrected chi connectivity index (χ2v) is 12.4. The van der Waals surface area contributed by atoms with Crippen LogP contribution in [0.25, 0.3) is 0 Å². The molecule has 2 fully saturated rings. The van der Waals surface area contributed by atoms with Crippen LogP contribution in [0.1, 0.15) is 93.6 Å². The Morgan fingerprint density at radius 1 is 1.05 bits per heavy atom. The SMILES string of the molecule is CC(C)(C)C#Cc1cc(N(C(=O)[C@H]2CC[C@H](C)CC2)[C@H]2CC[C@@H](Oc3ncccn3)CC2)c(C(=O)O)s1. The summed E-state index contributed by atoms with van der Waals surface area (Å²) in [4.78, 5) is 37.3. The van der Waals surface area contributed by atoms with Gasteiger partial charge in [-0.05, 0) is 90.2 Å². The standard InChI is InChI=1S/C29H37N3O4S/c1-19-6-8-20(9-7-19)26(33)32(21-10-12-22(13-11-21)36-28-30-16-5-17-31-28)24-18-23(14-15-29(2,3)4)37-25(24)27(34)35/h5,16-22H,6-13H2,1-4H3,(H,34,35)/t19-,20-,21-,22+. The number of hydrogen-bond acceptors (Lipinski definition) is 6. The number of aromatic nitrogens is 2. The summed E-state index contributed by atoms with van der Waals surface area (Å²) in [5.41, 5.74) is 0.290. The van der Waals surface area contributed by atoms with Gasteiger partial charge in [0.1, 0.15) is 11.0 Å². The highest BCUT2D eigenvalue weighted by Crippen LogP contribution is 2.39. The summed E-state index contributed by atoms with van der Waals surface area (Å²) < 4.78 is 5.97. The number of carbonyl (C=O) groups is 2. The van der Waals surface area contributed by atoms with Gasteiger partial charge in [0, 0.05) is 29.8 Å². The molecule has 0 spiro atoms. The van der Waals surface area contributed by atoms with E-state index in [1.807, 2.05) is 31.7 Å². The Balaban J connectivity index is 1.61. The highest BCUT2D eigenvalue weighted by atomic mass is 32.1. The van der Waals surface area contributed by atoms with Crippen LogP contribution in [0.15, 0.2) is 24.5 Å². The van der Waals surface area contributed by atoms with E-state index in [9.17, 15) is 14.7 Å². The van der Waals surface area contributed by atoms with Crippen molar-refractivity contribution in [1.29, 1.82) is 0 Å². The van der Waals surface area contributed by atoms with E-state index in [2.05, 4.69) is 28.7 Å². The van der Waals surface area contributed by atoms with Crippen molar-refractivity contribution in [2.45, 2.75) is 91.2 Å². The third kappa shape index (κ3) is 7.10. The molecule has 2 aromatic rings. The summed E-state index contributed by atoms with van der Waals surface area (Å²) in [5, 5.41) is 10.1. The van der Waals surface area contributed by atoms with Crippen molar-refractivity contribution < 1.29 is 19.4 Å². The van der Waals surface area contributed by atoms with Gasteiger partial charge in [0.25, 0.3) is 0 Å². The summed E-state index contributed by atoms with van der Waals surface area (Å²) in [6.45, 7) is 8.30. The number of carboxylic acids is 1. The van der Waals surface area contributed by atoms with Crippen molar-refractivity contribution in [2.75, 3.05) is 4.90 Å². The molecule has 0 unspecified atom stereocenters. The van der Waals surface area contributed by atoms with Gasteiger partial charge in [-0.3, -0.25) is 4.79 Å². The first-order valence-electron chi connectivity index (χ1n) is 13.3. The van der Waals surface area contributed by atoms with E-state index >= 15 is 0 Å². The van der Waals surface area contributed by atoms with Crippen LogP contribution in [-0.4, -0.2) is 39.1 Å². The maximum atomic E-state index is 14.0. The third-order valence-corrected chi connectivity index (χ3v) is 8.18. The Labute approximate surface area is 223 Å². The fraction of sp³-hybridized carbons (Fsp3) is 0.586. The Bertz CT molecular complexity index is 1150. The van der Waals surface area contributed by atoms with Crippen molar-refractivity contribution in [2.24, 2.45) is 17.3 Å². The first-order valence-corrected chi connectivity index (χ1v) is 14.1. The first-order chi connectivity index (χ1) is 17.6. The van der Waals surface area contributed by atoms with Crippen molar-refractivity contribution in [3.63, 3.8) is 0 Å². The molecule has 8 heteroatoms. The average molecular weight is 524 g/mol. The van der Waals surface area contributed by atoms with Gasteiger partial charge in [0.05, 0.1) is 10.6 Å². The highest BCUT2D eigenvalue weighted by Gasteiger charge is 2.38. The molecule has 1 amide bonds. The monoisotopic (exact) mass is 523 g/mol. The average Bonchev–Trinajstić information content (AvgIpc) is 3.29. The number of carboxylic acid groups (broad SMARTS) is 1. The number of anilines is 1. The van der Waals surface area contributed by atoms with Gasteiger partial charge >= 0.3 is 12.0 Å². The van der Waals surface area contributed by atoms with Crippen LogP contribution < -0.4 is 9.64 Å². The molecule has 2 aliphatic carbocycles. The van der Waals surface area contributed by atoms with E-state index in [1.165, 1.54) is 0 Å². The molecule has 2 aliphatic rings. The van der Waals surface area contributed by atoms with Gasteiger partial charge in [0.2, 0.25) is 5.91 Å². The fourth-order valence-electron chi connectivity index (χ4n) is 5.14. The fourth-order valence-corrected chi connectivity index (χ4v) is 5.98. The van der Waals surface area contributed by atoms with E-state index in [-0.39, 0.29) is 34.3 Å². The summed E-state index contributed by atoms with van der Waals surface area (Å²) >= 11 is 1.16. The molecule has 0 saturated heterocycles. The minimum atomic E-state index is -1.02. The molecule has 0 aliphatic heterocycles. The van der Waals surface area contributed by atoms with Crippen molar-refractivity contribution in [3.05, 3.63) is 34.3 Å². The van der Waals surface area contributed by atoms with E-state index in [1.54, 1.807) is 18.5 Å². The largest absolute Gasteiger partial charge is 0.477 e. The van der Waals surface area contributed by atoms with Crippen molar-refractivity contribution in [3.8, 4) is 17.9 Å². The molecule has 1 N–H and O–H groups in total. The van der Waals surface area contributed by atoms with E-state index in [0.29, 0.717) is 22.5 Å². The zero-order valence-electron chi connectivity index (χ0n) is 22.2. The number of amides is 1. The lowest BCUT2D eigenvalue weighted by atomic mass is 9.81. The molecule has 0 radical (unpaired) electrons. The Hall–Kier alpha value is -2.92. The lowest BCUT2D eigenvalue weighted by Crippen LogP contribution is -2.47. The van der Waals surface area contributed by atoms with Crippen molar-refractivity contribution in [1.82, 2.24) is 9.97 Å². The van der Waals surface area contributed by atoms with Gasteiger partial charge in [-0.2, -0.15) is 0 Å². The summed E-state index contributed by atoms with van der Waals surface area (Å²) in [6, 6.07) is 3.85. The molecular formula is C29H37N3O4S. The molecule has 0 atom stereocenters. The third-order valence-electron chi connectivity index (χ3n) is 7.15. The number of carbonyl (C=O) groups excluding carboxylic acids is 1. The van der Waals surface area contributed by atoms with Crippen LogP contribution in [0, 0.1) is 29.1 Å². The van der Waals surface area contributed by atoms with Crippen LogP contribution in [0.2, 0.25) is 0 Å². The Kier molecular flexibility index (Phi) is 8.53. The molecule has 2 aromatic heterocycles. The second-order valence-electron chi connectivity index (χ2n) is 11.4. The topological polar surface area (TPSA) is 92.6 Å². The van der Waals surface area contributed by atoms with Crippen LogP contribution in [0.4, 0.5) is 5.69 Å². The molecule has 198 valence electrons. The van der Waals surface area contributed by atoms with Gasteiger partial charge < -0.3 is 14.7 Å². The quantitative estimate of drug-likeness (QED) is 0.454. The molecule has 4 rings (SSSR count). The maximum Gasteiger partial charge on any atom is 0.348 e. The van der Waals surface area contributed by atoms with Crippen LogP contribution in [0.3, 0.4) is 0 Å². The van der Waals surface area contributed by atoms with Crippen LogP contribution >= 0.6 is 11.3 Å². The van der Waals surface area contributed by atoms with Crippen LogP contribution in [-0.2, 0) is 4.79 Å². The number of nitrogens with zero attached hydrogens (tertiary/aromatic N) is 3. The molecule has 2 heterocycles. The first kappa shape index (κ1) is 27.1. The molecule has 2 saturated carbocycles. The lowest BCUT2D eigenvalue weighted by Gasteiger charge is -2.39. The van der Waals surface area contributed by atoms with Gasteiger partial charge in [-0.1, -0.05) is 18.8 Å². The van der Waals surface area contributed by atoms with Gasteiger partial charge in [-0.25, -0.2) is 14.8 Å². The predicted molar refractivity (Wildman–Crippen MR) is 145 cm³/mol. The zero-order chi connectivity index (χ0) is 26.6. The smallest absolute Gasteiger partial charge is 0.348 e. The molecule has 7 nitrogen and oxygen atoms in total.